The van der Waals surface area contributed by atoms with Crippen LogP contribution < -0.4 is 5.73 Å². The number of aromatic nitrogens is 7. The van der Waals surface area contributed by atoms with Crippen LogP contribution in [0, 0.1) is 5.92 Å². The van der Waals surface area contributed by atoms with E-state index >= 15 is 0 Å². The predicted octanol–water partition coefficient (Wildman–Crippen LogP) is 5.48. The van der Waals surface area contributed by atoms with Crippen LogP contribution in [0.3, 0.4) is 0 Å². The molecule has 0 spiro atoms. The van der Waals surface area contributed by atoms with Crippen molar-refractivity contribution >= 4 is 17.0 Å². The molecule has 2 atom stereocenters. The fourth-order valence-electron chi connectivity index (χ4n) is 6.65. The quantitative estimate of drug-likeness (QED) is 0.321. The summed E-state index contributed by atoms with van der Waals surface area (Å²) in [5, 5.41) is 4.38. The Kier molecular flexibility index (Phi) is 5.26. The molecule has 0 saturated carbocycles. The number of nitrogens with two attached hydrogens (primary N) is 1. The van der Waals surface area contributed by atoms with Gasteiger partial charge in [0, 0.05) is 36.2 Å². The molecule has 1 aromatic carbocycles. The van der Waals surface area contributed by atoms with Gasteiger partial charge in [-0.15, -0.1) is 0 Å². The summed E-state index contributed by atoms with van der Waals surface area (Å²) in [6.07, 6.45) is 13.0. The molecule has 8 rings (SSSR count). The lowest BCUT2D eigenvalue weighted by Crippen LogP contribution is -2.07. The summed E-state index contributed by atoms with van der Waals surface area (Å²) >= 11 is 0. The normalized spacial score (nSPS) is 17.8. The summed E-state index contributed by atoms with van der Waals surface area (Å²) in [5.41, 5.74) is 15.3. The Hall–Kier alpha value is -4.85. The second-order valence-corrected chi connectivity index (χ2v) is 10.9. The highest BCUT2D eigenvalue weighted by Gasteiger charge is 2.30. The van der Waals surface area contributed by atoms with Crippen LogP contribution in [0.2, 0.25) is 0 Å². The molecule has 196 valence electrons. The van der Waals surface area contributed by atoms with Gasteiger partial charge in [0.05, 0.1) is 5.56 Å². The maximum atomic E-state index is 6.34. The number of hydrogen-bond donors (Lipinski definition) is 1. The molecular weight excluding hydrogens is 496 g/mol. The summed E-state index contributed by atoms with van der Waals surface area (Å²) in [5.74, 6) is 3.16. The van der Waals surface area contributed by atoms with Crippen LogP contribution in [0.25, 0.3) is 34.1 Å². The number of benzene rings is 1. The summed E-state index contributed by atoms with van der Waals surface area (Å²) in [7, 11) is 0. The molecule has 8 nitrogen and oxygen atoms in total. The number of aryl methyl sites for hydroxylation is 1. The first-order chi connectivity index (χ1) is 19.7. The molecule has 0 amide bonds. The zero-order chi connectivity index (χ0) is 26.6. The first-order valence-electron chi connectivity index (χ1n) is 13.9. The topological polar surface area (TPSA) is 100 Å². The predicted molar refractivity (Wildman–Crippen MR) is 154 cm³/mol. The van der Waals surface area contributed by atoms with Gasteiger partial charge in [0.25, 0.3) is 0 Å². The average Bonchev–Trinajstić information content (AvgIpc) is 3.78. The Morgan fingerprint density at radius 1 is 0.875 bits per heavy atom. The molecule has 0 aliphatic heterocycles. The number of hydrogen-bond acceptors (Lipinski definition) is 6. The number of pyridine rings is 3. The number of rotatable bonds is 5. The summed E-state index contributed by atoms with van der Waals surface area (Å²) in [4.78, 5) is 18.9. The van der Waals surface area contributed by atoms with Crippen LogP contribution in [0.4, 0.5) is 5.82 Å². The molecule has 8 heteroatoms. The Labute approximate surface area is 231 Å². The van der Waals surface area contributed by atoms with E-state index < -0.39 is 0 Å². The Morgan fingerprint density at radius 2 is 1.80 bits per heavy atom. The Balaban J connectivity index is 1.19. The lowest BCUT2D eigenvalue weighted by atomic mass is 9.88. The minimum Gasteiger partial charge on any atom is -0.383 e. The smallest absolute Gasteiger partial charge is 0.167 e. The van der Waals surface area contributed by atoms with E-state index in [1.54, 1.807) is 17.1 Å². The van der Waals surface area contributed by atoms with E-state index in [-0.39, 0.29) is 0 Å². The van der Waals surface area contributed by atoms with Crippen LogP contribution in [0.15, 0.2) is 85.5 Å². The largest absolute Gasteiger partial charge is 0.383 e. The van der Waals surface area contributed by atoms with E-state index in [0.29, 0.717) is 17.7 Å². The number of fused-ring (bicyclic) bond motifs is 3. The second-order valence-electron chi connectivity index (χ2n) is 10.9. The van der Waals surface area contributed by atoms with E-state index in [2.05, 4.69) is 50.0 Å². The van der Waals surface area contributed by atoms with E-state index in [9.17, 15) is 0 Å². The number of nitrogens with zero attached hydrogens (tertiary/aromatic N) is 7. The molecule has 5 aromatic heterocycles. The fraction of sp³-hybridized carbons (Fsp3) is 0.219. The number of imidazole rings is 1. The molecule has 0 saturated heterocycles. The molecule has 2 N–H and O–H groups in total. The van der Waals surface area contributed by atoms with Gasteiger partial charge in [0.2, 0.25) is 0 Å². The van der Waals surface area contributed by atoms with E-state index in [0.717, 1.165) is 53.3 Å². The van der Waals surface area contributed by atoms with Crippen molar-refractivity contribution in [1.82, 2.24) is 34.3 Å². The van der Waals surface area contributed by atoms with Crippen LogP contribution in [0.1, 0.15) is 41.1 Å². The van der Waals surface area contributed by atoms with E-state index in [1.165, 1.54) is 35.2 Å². The molecule has 1 unspecified atom stereocenters. The molecule has 0 bridgehead atoms. The lowest BCUT2D eigenvalue weighted by Gasteiger charge is -2.17. The van der Waals surface area contributed by atoms with Gasteiger partial charge in [-0.3, -0.25) is 9.55 Å². The zero-order valence-electron chi connectivity index (χ0n) is 22.0. The summed E-state index contributed by atoms with van der Waals surface area (Å²) in [6.45, 7) is 0. The van der Waals surface area contributed by atoms with Crippen molar-refractivity contribution in [2.75, 3.05) is 5.73 Å². The summed E-state index contributed by atoms with van der Waals surface area (Å²) in [6, 6.07) is 20.8. The number of nitrogen functional groups attached to an aromatic ring is 1. The van der Waals surface area contributed by atoms with Gasteiger partial charge in [0.15, 0.2) is 17.3 Å². The van der Waals surface area contributed by atoms with Crippen LogP contribution in [0.5, 0.6) is 0 Å². The van der Waals surface area contributed by atoms with Crippen molar-refractivity contribution in [2.24, 2.45) is 5.92 Å². The van der Waals surface area contributed by atoms with Crippen LogP contribution in [-0.2, 0) is 19.3 Å². The van der Waals surface area contributed by atoms with Gasteiger partial charge in [-0.05, 0) is 109 Å². The van der Waals surface area contributed by atoms with Crippen molar-refractivity contribution < 1.29 is 0 Å². The van der Waals surface area contributed by atoms with Crippen LogP contribution in [-0.4, -0.2) is 34.3 Å². The van der Waals surface area contributed by atoms with Crippen molar-refractivity contribution in [3.05, 3.63) is 108 Å². The third kappa shape index (κ3) is 3.78. The van der Waals surface area contributed by atoms with Gasteiger partial charge < -0.3 is 5.73 Å². The van der Waals surface area contributed by atoms with Crippen molar-refractivity contribution in [3.8, 4) is 22.9 Å². The molecule has 2 aliphatic carbocycles. The third-order valence-electron chi connectivity index (χ3n) is 8.49. The Bertz CT molecular complexity index is 1850. The lowest BCUT2D eigenvalue weighted by molar-refractivity contribution is 0.448. The van der Waals surface area contributed by atoms with Gasteiger partial charge in [-0.2, -0.15) is 5.10 Å². The van der Waals surface area contributed by atoms with Crippen molar-refractivity contribution in [2.45, 2.75) is 38.0 Å². The minimum absolute atomic E-state index is 0.444. The van der Waals surface area contributed by atoms with Gasteiger partial charge in [-0.25, -0.2) is 19.6 Å². The highest BCUT2D eigenvalue weighted by molar-refractivity contribution is 5.83. The summed E-state index contributed by atoms with van der Waals surface area (Å²) < 4.78 is 3.88. The first-order valence-corrected chi connectivity index (χ1v) is 13.9. The van der Waals surface area contributed by atoms with Gasteiger partial charge in [-0.1, -0.05) is 12.1 Å². The SMILES string of the molecule is Nc1ncccc1-c1nc2ccc(-n3cccn3)nc2n1-c1ccc2c(c1)CC[C@@H]2CC1Cc2cccnc2C1. The van der Waals surface area contributed by atoms with E-state index in [1.807, 2.05) is 42.7 Å². The average molecular weight is 525 g/mol. The standard InChI is InChI=1S/C32H28N8/c33-30-26(5-2-13-35-30)31-37-27-10-11-29(39-15-3-14-36-39)38-32(27)40(31)24-8-9-25-21(6-7-22(25)19-24)16-20-17-23-4-1-12-34-28(23)18-20/h1-5,8-15,19-21H,6-7,16-18H2,(H2,33,35)/t20?,21-/m1/s1. The molecule has 0 radical (unpaired) electrons. The van der Waals surface area contributed by atoms with Gasteiger partial charge >= 0.3 is 0 Å². The monoisotopic (exact) mass is 524 g/mol. The minimum atomic E-state index is 0.444. The molecular formula is C32H28N8. The van der Waals surface area contributed by atoms with Gasteiger partial charge in [0.1, 0.15) is 11.3 Å². The highest BCUT2D eigenvalue weighted by atomic mass is 15.3. The molecule has 2 aliphatic rings. The fourth-order valence-corrected chi connectivity index (χ4v) is 6.65. The molecule has 6 aromatic rings. The second kappa shape index (κ2) is 9.12. The number of anilines is 1. The highest BCUT2D eigenvalue weighted by Crippen LogP contribution is 2.42. The first kappa shape index (κ1) is 23.1. The van der Waals surface area contributed by atoms with Crippen molar-refractivity contribution in [3.63, 3.8) is 0 Å². The van der Waals surface area contributed by atoms with E-state index in [4.69, 9.17) is 15.7 Å². The third-order valence-corrected chi connectivity index (χ3v) is 8.49. The van der Waals surface area contributed by atoms with Crippen LogP contribution >= 0.6 is 0 Å². The Morgan fingerprint density at radius 3 is 2.67 bits per heavy atom. The zero-order valence-corrected chi connectivity index (χ0v) is 22.0. The maximum absolute atomic E-state index is 6.34. The molecule has 40 heavy (non-hydrogen) atoms. The maximum Gasteiger partial charge on any atom is 0.167 e. The molecule has 0 fully saturated rings. The van der Waals surface area contributed by atoms with Crippen molar-refractivity contribution in [1.29, 1.82) is 0 Å². The molecule has 5 heterocycles.